The summed E-state index contributed by atoms with van der Waals surface area (Å²) in [5, 5.41) is 2.93. The summed E-state index contributed by atoms with van der Waals surface area (Å²) >= 11 is 0. The molecule has 1 aromatic heterocycles. The quantitative estimate of drug-likeness (QED) is 0.651. The highest BCUT2D eigenvalue weighted by Gasteiger charge is 2.15. The summed E-state index contributed by atoms with van der Waals surface area (Å²) in [5.41, 5.74) is 2.57. The van der Waals surface area contributed by atoms with Crippen LogP contribution in [0, 0.1) is 0 Å². The molecule has 0 spiro atoms. The molecule has 0 saturated carbocycles. The average Bonchev–Trinajstić information content (AvgIpc) is 3.10. The Morgan fingerprint density at radius 1 is 1.22 bits per heavy atom. The predicted molar refractivity (Wildman–Crippen MR) is 105 cm³/mol. The fourth-order valence-corrected chi connectivity index (χ4v) is 2.79. The van der Waals surface area contributed by atoms with E-state index in [0.29, 0.717) is 18.0 Å². The number of carbonyl (C=O) groups is 1. The summed E-state index contributed by atoms with van der Waals surface area (Å²) in [5.74, 6) is 1.02. The number of amides is 1. The van der Waals surface area contributed by atoms with E-state index in [1.807, 2.05) is 62.6 Å². The van der Waals surface area contributed by atoms with Gasteiger partial charge in [-0.2, -0.15) is 0 Å². The lowest BCUT2D eigenvalue weighted by Gasteiger charge is -2.25. The van der Waals surface area contributed by atoms with E-state index in [9.17, 15) is 4.79 Å². The van der Waals surface area contributed by atoms with Gasteiger partial charge in [0.05, 0.1) is 13.2 Å². The molecule has 2 aromatic carbocycles. The second-order valence-electron chi connectivity index (χ2n) is 6.35. The molecule has 27 heavy (non-hydrogen) atoms. The fourth-order valence-electron chi connectivity index (χ4n) is 2.79. The van der Waals surface area contributed by atoms with Crippen LogP contribution in [0.2, 0.25) is 0 Å². The number of hydrogen-bond donors (Lipinski definition) is 1. The zero-order chi connectivity index (χ0) is 19.2. The summed E-state index contributed by atoms with van der Waals surface area (Å²) in [6.45, 7) is 0.482. The van der Waals surface area contributed by atoms with E-state index in [4.69, 9.17) is 9.15 Å². The molecule has 0 aliphatic rings. The number of para-hydroxylation sites is 2. The normalized spacial score (nSPS) is 12.6. The lowest BCUT2D eigenvalue weighted by molar-refractivity contribution is -0.116. The third-order valence-corrected chi connectivity index (χ3v) is 4.28. The number of methoxy groups -OCH3 is 1. The summed E-state index contributed by atoms with van der Waals surface area (Å²) < 4.78 is 10.8. The zero-order valence-electron chi connectivity index (χ0n) is 15.7. The molecule has 0 fully saturated rings. The first-order valence-electron chi connectivity index (χ1n) is 8.68. The minimum atomic E-state index is -0.197. The molecular formula is C21H23N3O3. The zero-order valence-corrected chi connectivity index (χ0v) is 15.7. The molecule has 0 saturated heterocycles. The summed E-state index contributed by atoms with van der Waals surface area (Å²) in [6.07, 6.45) is 3.01. The highest BCUT2D eigenvalue weighted by Crippen LogP contribution is 2.20. The Balaban J connectivity index is 1.61. The molecule has 1 unspecified atom stereocenters. The monoisotopic (exact) mass is 365 g/mol. The number of rotatable bonds is 7. The number of nitrogens with zero attached hydrogens (tertiary/aromatic N) is 2. The van der Waals surface area contributed by atoms with Gasteiger partial charge < -0.3 is 19.4 Å². The van der Waals surface area contributed by atoms with Crippen LogP contribution >= 0.6 is 0 Å². The highest BCUT2D eigenvalue weighted by molar-refractivity contribution is 5.91. The van der Waals surface area contributed by atoms with Crippen molar-refractivity contribution in [2.24, 2.45) is 0 Å². The van der Waals surface area contributed by atoms with Gasteiger partial charge in [-0.3, -0.25) is 4.79 Å². The van der Waals surface area contributed by atoms with Crippen LogP contribution in [-0.4, -0.2) is 43.5 Å². The van der Waals surface area contributed by atoms with E-state index in [1.165, 1.54) is 6.08 Å². The van der Waals surface area contributed by atoms with Crippen molar-refractivity contribution in [2.45, 2.75) is 6.04 Å². The smallest absolute Gasteiger partial charge is 0.244 e. The minimum absolute atomic E-state index is 0.0533. The Hall–Kier alpha value is -3.12. The number of aromatic nitrogens is 1. The molecule has 1 heterocycles. The Morgan fingerprint density at radius 2 is 1.96 bits per heavy atom. The van der Waals surface area contributed by atoms with Crippen LogP contribution < -0.4 is 10.1 Å². The largest absolute Gasteiger partial charge is 0.497 e. The average molecular weight is 365 g/mol. The van der Waals surface area contributed by atoms with Crippen LogP contribution in [0.5, 0.6) is 5.75 Å². The fraction of sp³-hybridized carbons (Fsp3) is 0.238. The third-order valence-electron chi connectivity index (χ3n) is 4.28. The van der Waals surface area contributed by atoms with Gasteiger partial charge in [0, 0.05) is 18.7 Å². The van der Waals surface area contributed by atoms with Crippen LogP contribution in [0.1, 0.15) is 17.5 Å². The van der Waals surface area contributed by atoms with Gasteiger partial charge in [-0.15, -0.1) is 0 Å². The number of fused-ring (bicyclic) bond motifs is 1. The number of carbonyl (C=O) groups excluding carboxylic acids is 1. The standard InChI is InChI=1S/C21H23N3O3/c1-24(2)18(15-8-10-16(26-3)11-9-15)14-22-20(25)12-13-21-23-17-6-4-5-7-19(17)27-21/h4-13,18H,14H2,1-3H3,(H,22,25)/b13-12+. The van der Waals surface area contributed by atoms with E-state index in [-0.39, 0.29) is 11.9 Å². The number of likely N-dealkylation sites (N-methyl/N-ethyl adjacent to an activating group) is 1. The molecule has 1 atom stereocenters. The number of oxazole rings is 1. The molecule has 0 aliphatic heterocycles. The predicted octanol–water partition coefficient (Wildman–Crippen LogP) is 3.27. The van der Waals surface area contributed by atoms with Crippen LogP contribution in [0.25, 0.3) is 17.2 Å². The third kappa shape index (κ3) is 4.74. The van der Waals surface area contributed by atoms with Crippen molar-refractivity contribution < 1.29 is 13.9 Å². The molecule has 140 valence electrons. The molecule has 1 N–H and O–H groups in total. The Labute approximate surface area is 158 Å². The van der Waals surface area contributed by atoms with Crippen LogP contribution in [0.4, 0.5) is 0 Å². The lowest BCUT2D eigenvalue weighted by Crippen LogP contribution is -2.33. The molecule has 0 bridgehead atoms. The van der Waals surface area contributed by atoms with Crippen LogP contribution in [-0.2, 0) is 4.79 Å². The molecule has 3 rings (SSSR count). The Bertz CT molecular complexity index is 896. The molecule has 6 nitrogen and oxygen atoms in total. The summed E-state index contributed by atoms with van der Waals surface area (Å²) in [7, 11) is 5.60. The molecule has 3 aromatic rings. The number of hydrogen-bond acceptors (Lipinski definition) is 5. The number of ether oxygens (including phenoxy) is 1. The van der Waals surface area contributed by atoms with Crippen molar-refractivity contribution in [1.82, 2.24) is 15.2 Å². The van der Waals surface area contributed by atoms with E-state index in [1.54, 1.807) is 13.2 Å². The highest BCUT2D eigenvalue weighted by atomic mass is 16.5. The van der Waals surface area contributed by atoms with E-state index in [2.05, 4.69) is 15.2 Å². The van der Waals surface area contributed by atoms with Crippen molar-refractivity contribution in [3.05, 3.63) is 66.1 Å². The maximum Gasteiger partial charge on any atom is 0.244 e. The van der Waals surface area contributed by atoms with Gasteiger partial charge in [0.2, 0.25) is 11.8 Å². The van der Waals surface area contributed by atoms with Gasteiger partial charge in [-0.05, 0) is 43.9 Å². The van der Waals surface area contributed by atoms with Crippen molar-refractivity contribution in [1.29, 1.82) is 0 Å². The van der Waals surface area contributed by atoms with Gasteiger partial charge in [-0.25, -0.2) is 4.98 Å². The van der Waals surface area contributed by atoms with Crippen molar-refractivity contribution in [3.63, 3.8) is 0 Å². The topological polar surface area (TPSA) is 67.6 Å². The van der Waals surface area contributed by atoms with E-state index < -0.39 is 0 Å². The van der Waals surface area contributed by atoms with Gasteiger partial charge in [0.25, 0.3) is 0 Å². The molecule has 6 heteroatoms. The van der Waals surface area contributed by atoms with E-state index >= 15 is 0 Å². The van der Waals surface area contributed by atoms with E-state index in [0.717, 1.165) is 16.8 Å². The second-order valence-corrected chi connectivity index (χ2v) is 6.35. The molecule has 0 radical (unpaired) electrons. The van der Waals surface area contributed by atoms with Gasteiger partial charge in [0.1, 0.15) is 11.3 Å². The second kappa shape index (κ2) is 8.51. The molecule has 0 aliphatic carbocycles. The maximum absolute atomic E-state index is 12.2. The lowest BCUT2D eigenvalue weighted by atomic mass is 10.1. The molecular weight excluding hydrogens is 342 g/mol. The van der Waals surface area contributed by atoms with Crippen LogP contribution in [0.3, 0.4) is 0 Å². The van der Waals surface area contributed by atoms with Crippen molar-refractivity contribution in [3.8, 4) is 5.75 Å². The Kier molecular flexibility index (Phi) is 5.88. The minimum Gasteiger partial charge on any atom is -0.497 e. The molecule has 1 amide bonds. The summed E-state index contributed by atoms with van der Waals surface area (Å²) in [4.78, 5) is 18.6. The SMILES string of the molecule is COc1ccc(C(CNC(=O)/C=C/c2nc3ccccc3o2)N(C)C)cc1. The first kappa shape index (κ1) is 18.7. The van der Waals surface area contributed by atoms with Crippen molar-refractivity contribution >= 4 is 23.1 Å². The maximum atomic E-state index is 12.2. The summed E-state index contributed by atoms with van der Waals surface area (Å²) in [6, 6.07) is 15.4. The van der Waals surface area contributed by atoms with Crippen molar-refractivity contribution in [2.75, 3.05) is 27.7 Å². The van der Waals surface area contributed by atoms with Gasteiger partial charge in [0.15, 0.2) is 5.58 Å². The van der Waals surface area contributed by atoms with Gasteiger partial charge in [-0.1, -0.05) is 24.3 Å². The van der Waals surface area contributed by atoms with Crippen LogP contribution in [0.15, 0.2) is 59.0 Å². The van der Waals surface area contributed by atoms with Gasteiger partial charge >= 0.3 is 0 Å². The number of benzene rings is 2. The Morgan fingerprint density at radius 3 is 2.63 bits per heavy atom. The first-order chi connectivity index (χ1) is 13.1. The number of nitrogens with one attached hydrogen (secondary N) is 1. The first-order valence-corrected chi connectivity index (χ1v) is 8.68.